The Bertz CT molecular complexity index is 478. The Balaban J connectivity index is 2.99. The molecule has 0 aliphatic carbocycles. The summed E-state index contributed by atoms with van der Waals surface area (Å²) in [7, 11) is 1.51. The third kappa shape index (κ3) is 4.45. The number of hydrogen-bond donors (Lipinski definition) is 1. The van der Waals surface area contributed by atoms with E-state index in [9.17, 15) is 18.3 Å². The van der Waals surface area contributed by atoms with Crippen molar-refractivity contribution in [1.29, 1.82) is 5.26 Å². The highest BCUT2D eigenvalue weighted by molar-refractivity contribution is 5.58. The number of halogens is 3. The SMILES string of the molecule is C[C@@H](O)c1ccc(C#N)cc1N(C)CCC(F)(F)F. The minimum atomic E-state index is -4.23. The molecule has 0 aromatic heterocycles. The zero-order valence-corrected chi connectivity index (χ0v) is 10.7. The second-order valence-electron chi connectivity index (χ2n) is 4.35. The minimum absolute atomic E-state index is 0.224. The number of rotatable bonds is 4. The van der Waals surface area contributed by atoms with Crippen molar-refractivity contribution >= 4 is 5.69 Å². The maximum absolute atomic E-state index is 12.2. The summed E-state index contributed by atoms with van der Waals surface area (Å²) in [6.45, 7) is 1.31. The van der Waals surface area contributed by atoms with Gasteiger partial charge in [-0.25, -0.2) is 0 Å². The molecule has 104 valence electrons. The molecule has 0 amide bonds. The van der Waals surface area contributed by atoms with Gasteiger partial charge in [-0.2, -0.15) is 18.4 Å². The van der Waals surface area contributed by atoms with Gasteiger partial charge in [0.1, 0.15) is 0 Å². The number of aliphatic hydroxyl groups excluding tert-OH is 1. The molecule has 0 bridgehead atoms. The number of benzene rings is 1. The van der Waals surface area contributed by atoms with Gasteiger partial charge in [-0.3, -0.25) is 0 Å². The normalized spacial score (nSPS) is 12.9. The van der Waals surface area contributed by atoms with Gasteiger partial charge in [0.25, 0.3) is 0 Å². The van der Waals surface area contributed by atoms with Crippen molar-refractivity contribution < 1.29 is 18.3 Å². The first kappa shape index (κ1) is 15.3. The molecule has 6 heteroatoms. The van der Waals surface area contributed by atoms with E-state index in [1.807, 2.05) is 6.07 Å². The predicted molar refractivity (Wildman–Crippen MR) is 65.7 cm³/mol. The topological polar surface area (TPSA) is 47.3 Å². The molecule has 0 unspecified atom stereocenters. The van der Waals surface area contributed by atoms with E-state index >= 15 is 0 Å². The first-order valence-corrected chi connectivity index (χ1v) is 5.74. The van der Waals surface area contributed by atoms with Gasteiger partial charge in [0, 0.05) is 24.8 Å². The molecule has 19 heavy (non-hydrogen) atoms. The van der Waals surface area contributed by atoms with Crippen LogP contribution in [0.2, 0.25) is 0 Å². The van der Waals surface area contributed by atoms with Gasteiger partial charge in [0.15, 0.2) is 0 Å². The molecule has 1 N–H and O–H groups in total. The van der Waals surface area contributed by atoms with Crippen LogP contribution in [0.15, 0.2) is 18.2 Å². The van der Waals surface area contributed by atoms with Crippen molar-refractivity contribution in [2.24, 2.45) is 0 Å². The quantitative estimate of drug-likeness (QED) is 0.916. The zero-order valence-electron chi connectivity index (χ0n) is 10.7. The minimum Gasteiger partial charge on any atom is -0.389 e. The molecule has 3 nitrogen and oxygen atoms in total. The van der Waals surface area contributed by atoms with E-state index in [1.165, 1.54) is 31.0 Å². The number of hydrogen-bond acceptors (Lipinski definition) is 3. The second kappa shape index (κ2) is 5.93. The van der Waals surface area contributed by atoms with Crippen molar-refractivity contribution in [1.82, 2.24) is 0 Å². The molecule has 1 rings (SSSR count). The summed E-state index contributed by atoms with van der Waals surface area (Å²) < 4.78 is 36.6. The third-order valence-corrected chi connectivity index (χ3v) is 2.75. The Kier molecular flexibility index (Phi) is 4.78. The van der Waals surface area contributed by atoms with Crippen molar-refractivity contribution in [2.45, 2.75) is 25.6 Å². The van der Waals surface area contributed by atoms with Crippen LogP contribution < -0.4 is 4.90 Å². The Morgan fingerprint density at radius 3 is 2.53 bits per heavy atom. The maximum atomic E-state index is 12.2. The van der Waals surface area contributed by atoms with Crippen LogP contribution in [0.5, 0.6) is 0 Å². The van der Waals surface area contributed by atoms with Crippen LogP contribution in [-0.2, 0) is 0 Å². The molecule has 0 aliphatic heterocycles. The largest absolute Gasteiger partial charge is 0.390 e. The fraction of sp³-hybridized carbons (Fsp3) is 0.462. The number of anilines is 1. The van der Waals surface area contributed by atoms with E-state index in [2.05, 4.69) is 0 Å². The summed E-state index contributed by atoms with van der Waals surface area (Å²) in [5.41, 5.74) is 1.29. The van der Waals surface area contributed by atoms with Crippen molar-refractivity contribution in [3.8, 4) is 6.07 Å². The summed E-state index contributed by atoms with van der Waals surface area (Å²) in [5.74, 6) is 0. The average Bonchev–Trinajstić information content (AvgIpc) is 2.34. The van der Waals surface area contributed by atoms with Crippen LogP contribution in [-0.4, -0.2) is 24.9 Å². The molecule has 1 aromatic carbocycles. The first-order chi connectivity index (χ1) is 8.74. The van der Waals surface area contributed by atoms with Gasteiger partial charge in [0.05, 0.1) is 24.2 Å². The van der Waals surface area contributed by atoms with Crippen LogP contribution in [0.4, 0.5) is 18.9 Å². The smallest absolute Gasteiger partial charge is 0.389 e. The number of nitrogens with zero attached hydrogens (tertiary/aromatic N) is 2. The molecule has 1 aromatic rings. The Morgan fingerprint density at radius 1 is 1.42 bits per heavy atom. The fourth-order valence-corrected chi connectivity index (χ4v) is 1.71. The van der Waals surface area contributed by atoms with E-state index in [0.717, 1.165) is 0 Å². The van der Waals surface area contributed by atoms with Gasteiger partial charge in [-0.1, -0.05) is 6.07 Å². The highest BCUT2D eigenvalue weighted by Gasteiger charge is 2.27. The van der Waals surface area contributed by atoms with Crippen LogP contribution in [0.1, 0.15) is 30.6 Å². The van der Waals surface area contributed by atoms with Gasteiger partial charge < -0.3 is 10.0 Å². The molecule has 0 saturated carbocycles. The van der Waals surface area contributed by atoms with Crippen molar-refractivity contribution in [2.75, 3.05) is 18.5 Å². The summed E-state index contributed by atoms with van der Waals surface area (Å²) in [6, 6.07) is 6.50. The van der Waals surface area contributed by atoms with E-state index in [4.69, 9.17) is 5.26 Å². The average molecular weight is 272 g/mol. The first-order valence-electron chi connectivity index (χ1n) is 5.74. The van der Waals surface area contributed by atoms with Crippen molar-refractivity contribution in [3.05, 3.63) is 29.3 Å². The summed E-state index contributed by atoms with van der Waals surface area (Å²) in [4.78, 5) is 1.40. The highest BCUT2D eigenvalue weighted by Crippen LogP contribution is 2.28. The summed E-state index contributed by atoms with van der Waals surface area (Å²) in [6.07, 6.45) is -5.98. The lowest BCUT2D eigenvalue weighted by atomic mass is 10.0. The lowest BCUT2D eigenvalue weighted by Crippen LogP contribution is -2.25. The molecule has 0 heterocycles. The lowest BCUT2D eigenvalue weighted by Gasteiger charge is -2.24. The van der Waals surface area contributed by atoms with Crippen LogP contribution >= 0.6 is 0 Å². The molecule has 0 saturated heterocycles. The Hall–Kier alpha value is -1.74. The van der Waals surface area contributed by atoms with Gasteiger partial charge in [-0.15, -0.1) is 0 Å². The standard InChI is InChI=1S/C13H15F3N2O/c1-9(19)11-4-3-10(8-17)7-12(11)18(2)6-5-13(14,15)16/h3-4,7,9,19H,5-6H2,1-2H3/t9-/m1/s1. The number of nitriles is 1. The van der Waals surface area contributed by atoms with E-state index in [1.54, 1.807) is 6.07 Å². The Labute approximate surface area is 109 Å². The van der Waals surface area contributed by atoms with Gasteiger partial charge in [0.2, 0.25) is 0 Å². The van der Waals surface area contributed by atoms with E-state index in [-0.39, 0.29) is 6.54 Å². The molecule has 1 atom stereocenters. The number of alkyl halides is 3. The number of aliphatic hydroxyl groups is 1. The monoisotopic (exact) mass is 272 g/mol. The predicted octanol–water partition coefficient (Wildman–Crippen LogP) is 3.00. The van der Waals surface area contributed by atoms with Crippen LogP contribution in [0, 0.1) is 11.3 Å². The molecular weight excluding hydrogens is 257 g/mol. The molecule has 0 fully saturated rings. The van der Waals surface area contributed by atoms with Crippen molar-refractivity contribution in [3.63, 3.8) is 0 Å². The Morgan fingerprint density at radius 2 is 2.05 bits per heavy atom. The third-order valence-electron chi connectivity index (χ3n) is 2.75. The molecule has 0 spiro atoms. The molecule has 0 radical (unpaired) electrons. The van der Waals surface area contributed by atoms with Gasteiger partial charge >= 0.3 is 6.18 Å². The van der Waals surface area contributed by atoms with E-state index in [0.29, 0.717) is 16.8 Å². The van der Waals surface area contributed by atoms with Gasteiger partial charge in [-0.05, 0) is 19.1 Å². The summed E-state index contributed by atoms with van der Waals surface area (Å²) >= 11 is 0. The highest BCUT2D eigenvalue weighted by atomic mass is 19.4. The van der Waals surface area contributed by atoms with Crippen LogP contribution in [0.3, 0.4) is 0 Å². The van der Waals surface area contributed by atoms with Crippen LogP contribution in [0.25, 0.3) is 0 Å². The second-order valence-corrected chi connectivity index (χ2v) is 4.35. The zero-order chi connectivity index (χ0) is 14.6. The molecular formula is C13H15F3N2O. The molecule has 0 aliphatic rings. The maximum Gasteiger partial charge on any atom is 0.390 e. The lowest BCUT2D eigenvalue weighted by molar-refractivity contribution is -0.132. The fourth-order valence-electron chi connectivity index (χ4n) is 1.71. The van der Waals surface area contributed by atoms with E-state index < -0.39 is 18.7 Å². The summed E-state index contributed by atoms with van der Waals surface area (Å²) in [5, 5.41) is 18.4.